The van der Waals surface area contributed by atoms with E-state index in [2.05, 4.69) is 25.6 Å². The second kappa shape index (κ2) is 35.8. The SMILES string of the molecule is CN[C@@H](Cc1ccc(O)c(O)c1)C(=O)OC[C@@H](C)OC(=O)c1ccccc1.C[C@H](COC(=O)[C@@H](CSOOON)Cc1ccc(O)c(O)c1)OC(=O)c1ccccc1.C[C@H](COC(=O)[C@@H](N)Cc1ccc(O)c(O)c1)OC(=O)c1ccccc1. The lowest BCUT2D eigenvalue weighted by molar-refractivity contribution is -0.464. The lowest BCUT2D eigenvalue weighted by Gasteiger charge is -2.18. The molecule has 0 aliphatic rings. The fraction of sp³-hybridized carbons (Fsp3) is 0.288. The first-order chi connectivity index (χ1) is 40.2. The van der Waals surface area contributed by atoms with Gasteiger partial charge in [-0.2, -0.15) is 5.90 Å². The minimum Gasteiger partial charge on any atom is -0.504 e. The normalized spacial score (nSPS) is 12.8. The molecule has 0 aromatic heterocycles. The molecular formula is C59H67N3O21S. The molecule has 25 heteroatoms. The molecule has 0 radical (unpaired) electrons. The molecule has 0 bridgehead atoms. The van der Waals surface area contributed by atoms with E-state index in [1.807, 2.05) is 0 Å². The van der Waals surface area contributed by atoms with Gasteiger partial charge in [0.1, 0.15) is 50.2 Å². The Morgan fingerprint density at radius 3 is 1.20 bits per heavy atom. The zero-order valence-corrected chi connectivity index (χ0v) is 47.0. The number of hydrogen-bond acceptors (Lipinski definition) is 25. The molecule has 0 aliphatic carbocycles. The molecule has 6 rings (SSSR count). The van der Waals surface area contributed by atoms with E-state index >= 15 is 0 Å². The largest absolute Gasteiger partial charge is 0.504 e. The number of benzene rings is 6. The van der Waals surface area contributed by atoms with Gasteiger partial charge in [-0.15, -0.1) is 9.32 Å². The van der Waals surface area contributed by atoms with E-state index in [1.165, 1.54) is 36.4 Å². The van der Waals surface area contributed by atoms with Crippen LogP contribution in [0.15, 0.2) is 146 Å². The van der Waals surface area contributed by atoms with Gasteiger partial charge in [0, 0.05) is 17.8 Å². The van der Waals surface area contributed by atoms with Gasteiger partial charge in [0.2, 0.25) is 0 Å². The predicted octanol–water partition coefficient (Wildman–Crippen LogP) is 6.22. The number of rotatable bonds is 27. The molecule has 0 amide bonds. The number of nitrogens with one attached hydrogen (secondary N) is 1. The second-order valence-corrected chi connectivity index (χ2v) is 19.1. The molecule has 0 spiro atoms. The first kappa shape index (κ1) is 67.6. The molecule has 0 saturated heterocycles. The van der Waals surface area contributed by atoms with Gasteiger partial charge in [-0.05, 0) is 142 Å². The van der Waals surface area contributed by atoms with Gasteiger partial charge < -0.3 is 70.1 Å². The molecule has 0 aliphatic heterocycles. The molecular weight excluding hydrogens is 1120 g/mol. The van der Waals surface area contributed by atoms with E-state index in [0.717, 1.165) is 12.0 Å². The highest BCUT2D eigenvalue weighted by atomic mass is 32.2. The maximum absolute atomic E-state index is 12.6. The Kier molecular flexibility index (Phi) is 28.8. The molecule has 6 atom stereocenters. The van der Waals surface area contributed by atoms with E-state index in [4.69, 9.17) is 34.2 Å². The van der Waals surface area contributed by atoms with E-state index in [-0.39, 0.29) is 79.3 Å². The number of carbonyl (C=O) groups is 6. The monoisotopic (exact) mass is 1190 g/mol. The average Bonchev–Trinajstić information content (AvgIpc) is 3.49. The molecule has 0 heterocycles. The van der Waals surface area contributed by atoms with Crippen molar-refractivity contribution >= 4 is 47.9 Å². The van der Waals surface area contributed by atoms with Crippen LogP contribution in [0.25, 0.3) is 0 Å². The first-order valence-corrected chi connectivity index (χ1v) is 26.6. The van der Waals surface area contributed by atoms with Crippen LogP contribution in [0.1, 0.15) is 68.5 Å². The van der Waals surface area contributed by atoms with Crippen LogP contribution in [0.2, 0.25) is 0 Å². The highest BCUT2D eigenvalue weighted by Gasteiger charge is 2.25. The van der Waals surface area contributed by atoms with Gasteiger partial charge in [-0.1, -0.05) is 72.8 Å². The van der Waals surface area contributed by atoms with Crippen molar-refractivity contribution in [3.05, 3.63) is 179 Å². The smallest absolute Gasteiger partial charge is 0.338 e. The minimum absolute atomic E-state index is 0.0730. The van der Waals surface area contributed by atoms with Crippen LogP contribution in [-0.4, -0.2) is 129 Å². The van der Waals surface area contributed by atoms with Crippen LogP contribution >= 0.6 is 12.0 Å². The summed E-state index contributed by atoms with van der Waals surface area (Å²) in [7, 11) is 1.62. The first-order valence-electron chi connectivity index (χ1n) is 25.7. The molecule has 6 aromatic carbocycles. The van der Waals surface area contributed by atoms with Gasteiger partial charge in [-0.25, -0.2) is 14.4 Å². The highest BCUT2D eigenvalue weighted by Crippen LogP contribution is 2.29. The van der Waals surface area contributed by atoms with E-state index < -0.39 is 72.1 Å². The Morgan fingerprint density at radius 1 is 0.476 bits per heavy atom. The lowest BCUT2D eigenvalue weighted by atomic mass is 10.0. The summed E-state index contributed by atoms with van der Waals surface area (Å²) in [6, 6.07) is 36.7. The van der Waals surface area contributed by atoms with Crippen molar-refractivity contribution in [3.63, 3.8) is 0 Å². The Morgan fingerprint density at radius 2 is 0.833 bits per heavy atom. The summed E-state index contributed by atoms with van der Waals surface area (Å²) in [5, 5.41) is 63.6. The number of esters is 6. The Labute approximate surface area is 487 Å². The van der Waals surface area contributed by atoms with Crippen molar-refractivity contribution in [2.24, 2.45) is 17.5 Å². The Bertz CT molecular complexity index is 3030. The molecule has 0 fully saturated rings. The zero-order chi connectivity index (χ0) is 61.6. The van der Waals surface area contributed by atoms with Crippen molar-refractivity contribution < 1.29 is 102 Å². The van der Waals surface area contributed by atoms with Crippen molar-refractivity contribution in [2.75, 3.05) is 32.6 Å². The Balaban J connectivity index is 0.000000272. The average molecular weight is 1190 g/mol. The fourth-order valence-corrected chi connectivity index (χ4v) is 7.65. The van der Waals surface area contributed by atoms with Crippen LogP contribution in [0.5, 0.6) is 34.5 Å². The topological polar surface area (TPSA) is 371 Å². The number of phenols is 6. The van der Waals surface area contributed by atoms with Gasteiger partial charge in [0.15, 0.2) is 34.5 Å². The van der Waals surface area contributed by atoms with Crippen LogP contribution in [-0.2, 0) is 76.4 Å². The molecule has 6 aromatic rings. The van der Waals surface area contributed by atoms with Crippen LogP contribution in [0, 0.1) is 5.92 Å². The van der Waals surface area contributed by atoms with Crippen LogP contribution in [0.3, 0.4) is 0 Å². The molecule has 0 saturated carbocycles. The molecule has 24 nitrogen and oxygen atoms in total. The molecule has 11 N–H and O–H groups in total. The van der Waals surface area contributed by atoms with Crippen molar-refractivity contribution in [3.8, 4) is 34.5 Å². The quantitative estimate of drug-likeness (QED) is 0.00525. The molecule has 0 unspecified atom stereocenters. The number of likely N-dealkylation sites (N-methyl/N-ethyl adjacent to an activating group) is 1. The van der Waals surface area contributed by atoms with E-state index in [0.29, 0.717) is 33.4 Å². The zero-order valence-electron chi connectivity index (χ0n) is 46.1. The molecule has 450 valence electrons. The summed E-state index contributed by atoms with van der Waals surface area (Å²) in [6.07, 6.45) is -1.34. The third kappa shape index (κ3) is 24.3. The summed E-state index contributed by atoms with van der Waals surface area (Å²) in [5.74, 6) is -0.793. The highest BCUT2D eigenvalue weighted by molar-refractivity contribution is 7.94. The fourth-order valence-electron chi connectivity index (χ4n) is 7.11. The summed E-state index contributed by atoms with van der Waals surface area (Å²) in [6.45, 7) is 4.51. The van der Waals surface area contributed by atoms with Crippen LogP contribution < -0.4 is 16.9 Å². The number of ether oxygens (including phenoxy) is 6. The van der Waals surface area contributed by atoms with Gasteiger partial charge in [-0.3, -0.25) is 14.4 Å². The number of aromatic hydroxyl groups is 6. The van der Waals surface area contributed by atoms with Crippen molar-refractivity contribution in [2.45, 2.75) is 70.4 Å². The summed E-state index contributed by atoms with van der Waals surface area (Å²) in [4.78, 5) is 76.6. The third-order valence-electron chi connectivity index (χ3n) is 11.5. The van der Waals surface area contributed by atoms with Gasteiger partial charge in [0.25, 0.3) is 0 Å². The number of nitrogens with two attached hydrogens (primary N) is 2. The predicted molar refractivity (Wildman–Crippen MR) is 301 cm³/mol. The number of carbonyl (C=O) groups excluding carboxylic acids is 6. The Hall–Kier alpha value is -8.95. The van der Waals surface area contributed by atoms with E-state index in [9.17, 15) is 59.4 Å². The van der Waals surface area contributed by atoms with Gasteiger partial charge >= 0.3 is 35.8 Å². The second-order valence-electron chi connectivity index (χ2n) is 18.4. The minimum atomic E-state index is -0.948. The lowest BCUT2D eigenvalue weighted by Crippen LogP contribution is -2.38. The third-order valence-corrected chi connectivity index (χ3v) is 12.2. The standard InChI is InChI=1S/C20H23NO9S.C20H23NO6.C19H21NO6/c1-13(27-20(25)15-5-3-2-4-6-15)11-26-19(24)16(12-31-30-29-28-21)9-14-7-8-17(22)18(23)10-14;1-13(27-19(24)15-6-4-3-5-7-15)12-26-20(25)16(21-2)10-14-8-9-17(22)18(23)11-14;1-12(26-18(23)14-5-3-2-4-6-14)11-25-19(24)15(20)9-13-7-8-16(21)17(22)10-13/h2-8,10,13,16,22-23H,9,11-12,21H2,1H3;3-9,11,13,16,21-23H,10,12H2,1-2H3;2-8,10,12,15,21-22H,9,11,20H2,1H3/t13-,16-;13-,16+;12-,15+/m111/s1. The number of hydrogen-bond donors (Lipinski definition) is 9. The summed E-state index contributed by atoms with van der Waals surface area (Å²) in [5.41, 5.74) is 8.83. The molecule has 84 heavy (non-hydrogen) atoms. The van der Waals surface area contributed by atoms with Crippen molar-refractivity contribution in [1.82, 2.24) is 5.32 Å². The summed E-state index contributed by atoms with van der Waals surface area (Å²) >= 11 is 0.758. The van der Waals surface area contributed by atoms with Gasteiger partial charge in [0.05, 0.1) is 22.6 Å². The maximum atomic E-state index is 12.6. The number of phenolic OH excluding ortho intramolecular Hbond substituents is 6. The van der Waals surface area contributed by atoms with E-state index in [1.54, 1.807) is 137 Å². The van der Waals surface area contributed by atoms with Crippen LogP contribution in [0.4, 0.5) is 0 Å². The maximum Gasteiger partial charge on any atom is 0.338 e. The summed E-state index contributed by atoms with van der Waals surface area (Å²) < 4.78 is 35.9. The van der Waals surface area contributed by atoms with Crippen molar-refractivity contribution in [1.29, 1.82) is 0 Å².